The second-order valence-electron chi connectivity index (χ2n) is 7.08. The number of hydrogen-bond acceptors (Lipinski definition) is 3. The molecule has 2 N–H and O–H groups in total. The highest BCUT2D eigenvalue weighted by atomic mass is 127. The standard InChI is InChI=1S/C20H27FN4O.HI/c1-3-23-19(24-13-15-7-6-14(12-22)10-16(15)21)25-17-11-18(26-4-2)20(17)8-5-9-20;/h6-7,10,17-18H,3-5,8-9,11,13H2,1-2H3,(H2,23,24,25);1H. The van der Waals surface area contributed by atoms with Gasteiger partial charge in [0.1, 0.15) is 5.82 Å². The largest absolute Gasteiger partial charge is 0.378 e. The number of rotatable bonds is 6. The number of nitrogens with one attached hydrogen (secondary N) is 2. The van der Waals surface area contributed by atoms with Crippen LogP contribution in [0, 0.1) is 22.6 Å². The van der Waals surface area contributed by atoms with Gasteiger partial charge in [0.2, 0.25) is 0 Å². The van der Waals surface area contributed by atoms with Gasteiger partial charge in [-0.05, 0) is 45.2 Å². The molecule has 5 nitrogen and oxygen atoms in total. The monoisotopic (exact) mass is 486 g/mol. The van der Waals surface area contributed by atoms with E-state index in [-0.39, 0.29) is 41.8 Å². The van der Waals surface area contributed by atoms with E-state index in [0.29, 0.717) is 29.2 Å². The summed E-state index contributed by atoms with van der Waals surface area (Å²) in [6.07, 6.45) is 4.98. The molecule has 148 valence electrons. The molecule has 2 unspecified atom stereocenters. The van der Waals surface area contributed by atoms with Crippen molar-refractivity contribution < 1.29 is 9.13 Å². The zero-order chi connectivity index (χ0) is 18.6. The number of halogens is 2. The van der Waals surface area contributed by atoms with Gasteiger partial charge < -0.3 is 15.4 Å². The average Bonchev–Trinajstić information content (AvgIpc) is 2.57. The average molecular weight is 486 g/mol. The van der Waals surface area contributed by atoms with Gasteiger partial charge in [0.15, 0.2) is 5.96 Å². The van der Waals surface area contributed by atoms with Crippen molar-refractivity contribution in [1.29, 1.82) is 5.26 Å². The molecule has 0 amide bonds. The van der Waals surface area contributed by atoms with Crippen molar-refractivity contribution in [3.05, 3.63) is 35.1 Å². The smallest absolute Gasteiger partial charge is 0.191 e. The lowest BCUT2D eigenvalue weighted by Gasteiger charge is -2.61. The van der Waals surface area contributed by atoms with Crippen molar-refractivity contribution in [2.24, 2.45) is 10.4 Å². The maximum atomic E-state index is 14.1. The SMILES string of the molecule is CCNC(=NCc1ccc(C#N)cc1F)NC1CC(OCC)C12CCC2.I. The molecular formula is C20H28FIN4O. The Balaban J connectivity index is 0.00000261. The molecule has 0 heterocycles. The Labute approximate surface area is 177 Å². The van der Waals surface area contributed by atoms with Crippen molar-refractivity contribution in [3.8, 4) is 6.07 Å². The van der Waals surface area contributed by atoms with Gasteiger partial charge in [-0.15, -0.1) is 24.0 Å². The fourth-order valence-corrected chi connectivity index (χ4v) is 4.04. The molecule has 0 bridgehead atoms. The summed E-state index contributed by atoms with van der Waals surface area (Å²) in [7, 11) is 0. The number of nitrogens with zero attached hydrogens (tertiary/aromatic N) is 2. The van der Waals surface area contributed by atoms with Crippen molar-refractivity contribution in [2.45, 2.75) is 58.2 Å². The summed E-state index contributed by atoms with van der Waals surface area (Å²) in [5.74, 6) is 0.321. The molecule has 2 aliphatic carbocycles. The van der Waals surface area contributed by atoms with E-state index in [0.717, 1.165) is 19.6 Å². The van der Waals surface area contributed by atoms with Crippen LogP contribution in [-0.4, -0.2) is 31.3 Å². The molecule has 2 fully saturated rings. The van der Waals surface area contributed by atoms with Gasteiger partial charge in [0.25, 0.3) is 0 Å². The Kier molecular flexibility index (Phi) is 7.86. The van der Waals surface area contributed by atoms with Crippen LogP contribution in [0.5, 0.6) is 0 Å². The van der Waals surface area contributed by atoms with E-state index in [1.54, 1.807) is 12.1 Å². The Morgan fingerprint density at radius 3 is 2.74 bits per heavy atom. The summed E-state index contributed by atoms with van der Waals surface area (Å²) in [5.41, 5.74) is 1.05. The normalized spacial score (nSPS) is 22.8. The minimum absolute atomic E-state index is 0. The molecule has 0 aromatic heterocycles. The molecule has 0 aliphatic heterocycles. The van der Waals surface area contributed by atoms with E-state index in [1.807, 2.05) is 19.9 Å². The van der Waals surface area contributed by atoms with Crippen LogP contribution in [0.3, 0.4) is 0 Å². The van der Waals surface area contributed by atoms with Gasteiger partial charge in [-0.3, -0.25) is 0 Å². The predicted octanol–water partition coefficient (Wildman–Crippen LogP) is 3.72. The first-order valence-corrected chi connectivity index (χ1v) is 9.48. The summed E-state index contributed by atoms with van der Waals surface area (Å²) in [6.45, 7) is 5.80. The zero-order valence-corrected chi connectivity index (χ0v) is 18.3. The predicted molar refractivity (Wildman–Crippen MR) is 115 cm³/mol. The van der Waals surface area contributed by atoms with Gasteiger partial charge in [-0.25, -0.2) is 9.38 Å². The number of guanidine groups is 1. The maximum absolute atomic E-state index is 14.1. The lowest BCUT2D eigenvalue weighted by molar-refractivity contribution is -0.168. The highest BCUT2D eigenvalue weighted by Gasteiger charge is 2.59. The van der Waals surface area contributed by atoms with E-state index < -0.39 is 0 Å². The third-order valence-electron chi connectivity index (χ3n) is 5.68. The Morgan fingerprint density at radius 1 is 1.41 bits per heavy atom. The highest BCUT2D eigenvalue weighted by molar-refractivity contribution is 14.0. The van der Waals surface area contributed by atoms with Crippen LogP contribution in [0.1, 0.15) is 50.7 Å². The molecule has 2 atom stereocenters. The molecule has 7 heteroatoms. The van der Waals surface area contributed by atoms with Crippen LogP contribution in [0.2, 0.25) is 0 Å². The Morgan fingerprint density at radius 2 is 2.19 bits per heavy atom. The van der Waals surface area contributed by atoms with E-state index >= 15 is 0 Å². The van der Waals surface area contributed by atoms with Crippen LogP contribution < -0.4 is 10.6 Å². The summed E-state index contributed by atoms with van der Waals surface area (Å²) < 4.78 is 20.0. The van der Waals surface area contributed by atoms with E-state index in [9.17, 15) is 4.39 Å². The third kappa shape index (κ3) is 4.54. The van der Waals surface area contributed by atoms with Gasteiger partial charge in [0, 0.05) is 30.2 Å². The fraction of sp³-hybridized carbons (Fsp3) is 0.600. The molecule has 1 spiro atoms. The fourth-order valence-electron chi connectivity index (χ4n) is 4.04. The van der Waals surface area contributed by atoms with Crippen LogP contribution in [0.15, 0.2) is 23.2 Å². The maximum Gasteiger partial charge on any atom is 0.191 e. The number of aliphatic imine (C=N–C) groups is 1. The van der Waals surface area contributed by atoms with E-state index in [1.165, 1.54) is 25.3 Å². The van der Waals surface area contributed by atoms with Crippen LogP contribution in [0.4, 0.5) is 4.39 Å². The second kappa shape index (κ2) is 9.69. The van der Waals surface area contributed by atoms with Crippen LogP contribution in [-0.2, 0) is 11.3 Å². The number of benzene rings is 1. The minimum Gasteiger partial charge on any atom is -0.378 e. The Bertz CT molecular complexity index is 714. The minimum atomic E-state index is -0.390. The molecule has 0 radical (unpaired) electrons. The first kappa shape index (κ1) is 21.9. The van der Waals surface area contributed by atoms with Gasteiger partial charge >= 0.3 is 0 Å². The van der Waals surface area contributed by atoms with Crippen molar-refractivity contribution in [2.75, 3.05) is 13.2 Å². The van der Waals surface area contributed by atoms with Gasteiger partial charge in [-0.2, -0.15) is 5.26 Å². The van der Waals surface area contributed by atoms with Crippen molar-refractivity contribution >= 4 is 29.9 Å². The molecule has 2 saturated carbocycles. The van der Waals surface area contributed by atoms with Crippen LogP contribution in [0.25, 0.3) is 0 Å². The van der Waals surface area contributed by atoms with Crippen molar-refractivity contribution in [1.82, 2.24) is 10.6 Å². The summed E-state index contributed by atoms with van der Waals surface area (Å²) in [6, 6.07) is 6.81. The first-order valence-electron chi connectivity index (χ1n) is 9.48. The number of hydrogen-bond donors (Lipinski definition) is 2. The van der Waals surface area contributed by atoms with E-state index in [4.69, 9.17) is 10.00 Å². The molecule has 3 rings (SSSR count). The lowest BCUT2D eigenvalue weighted by atomic mass is 9.51. The molecule has 1 aromatic rings. The molecule has 1 aromatic carbocycles. The van der Waals surface area contributed by atoms with Crippen LogP contribution >= 0.6 is 24.0 Å². The van der Waals surface area contributed by atoms with Gasteiger partial charge in [0.05, 0.1) is 24.3 Å². The molecule has 0 saturated heterocycles. The number of ether oxygens (including phenoxy) is 1. The summed E-state index contributed by atoms with van der Waals surface area (Å²) in [5, 5.41) is 15.6. The topological polar surface area (TPSA) is 69.4 Å². The summed E-state index contributed by atoms with van der Waals surface area (Å²) in [4.78, 5) is 4.55. The highest BCUT2D eigenvalue weighted by Crippen LogP contribution is 2.57. The number of nitriles is 1. The van der Waals surface area contributed by atoms with E-state index in [2.05, 4.69) is 15.6 Å². The molecule has 2 aliphatic rings. The zero-order valence-electron chi connectivity index (χ0n) is 15.9. The molecular weight excluding hydrogens is 458 g/mol. The summed E-state index contributed by atoms with van der Waals surface area (Å²) >= 11 is 0. The van der Waals surface area contributed by atoms with Gasteiger partial charge in [-0.1, -0.05) is 12.5 Å². The molecule has 27 heavy (non-hydrogen) atoms. The third-order valence-corrected chi connectivity index (χ3v) is 5.68. The lowest BCUT2D eigenvalue weighted by Crippen LogP contribution is -2.68. The van der Waals surface area contributed by atoms with Crippen molar-refractivity contribution in [3.63, 3.8) is 0 Å². The second-order valence-corrected chi connectivity index (χ2v) is 7.08. The first-order chi connectivity index (χ1) is 12.6. The Hall–Kier alpha value is -1.40. The quantitative estimate of drug-likeness (QED) is 0.366.